The van der Waals surface area contributed by atoms with Gasteiger partial charge >= 0.3 is 0 Å². The number of carbonyl (C=O) groups excluding carboxylic acids is 1. The number of rotatable bonds is 5. The number of carbonyl (C=O) groups is 1. The Morgan fingerprint density at radius 1 is 1.07 bits per heavy atom. The standard InChI is InChI=1S/C28H48O2/c1-7-26(3,4)13-10-18(2)21-8-9-22-20-17-25(30)24-16-19(29)11-14-28(24,6)23(20)12-15-27(21,22)5/h18-24,29H,7-17H2,1-6H3/t18?,19-,20+,21-,22+,23+,24-,27-,28-/m1/s1. The van der Waals surface area contributed by atoms with Gasteiger partial charge in [-0.05, 0) is 104 Å². The van der Waals surface area contributed by atoms with E-state index >= 15 is 0 Å². The maximum absolute atomic E-state index is 13.3. The van der Waals surface area contributed by atoms with Crippen LogP contribution in [0.25, 0.3) is 0 Å². The normalized spacial score (nSPS) is 47.4. The summed E-state index contributed by atoms with van der Waals surface area (Å²) in [5.41, 5.74) is 1.06. The van der Waals surface area contributed by atoms with Crippen LogP contribution in [0.5, 0.6) is 0 Å². The van der Waals surface area contributed by atoms with Crippen molar-refractivity contribution >= 4 is 5.78 Å². The van der Waals surface area contributed by atoms with Gasteiger partial charge in [0.1, 0.15) is 5.78 Å². The summed E-state index contributed by atoms with van der Waals surface area (Å²) in [6, 6.07) is 0. The fourth-order valence-electron chi connectivity index (χ4n) is 8.99. The Bertz CT molecular complexity index is 653. The lowest BCUT2D eigenvalue weighted by Crippen LogP contribution is -2.57. The van der Waals surface area contributed by atoms with Crippen LogP contribution in [-0.2, 0) is 4.79 Å². The zero-order valence-electron chi connectivity index (χ0n) is 20.7. The van der Waals surface area contributed by atoms with Crippen LogP contribution < -0.4 is 0 Å². The summed E-state index contributed by atoms with van der Waals surface area (Å²) in [5.74, 6) is 4.31. The summed E-state index contributed by atoms with van der Waals surface area (Å²) < 4.78 is 0. The fourth-order valence-corrected chi connectivity index (χ4v) is 8.99. The van der Waals surface area contributed by atoms with E-state index in [1.165, 1.54) is 44.9 Å². The molecule has 0 bridgehead atoms. The van der Waals surface area contributed by atoms with E-state index in [-0.39, 0.29) is 17.4 Å². The molecule has 0 heterocycles. The molecule has 2 heteroatoms. The van der Waals surface area contributed by atoms with Gasteiger partial charge in [0.15, 0.2) is 0 Å². The second kappa shape index (κ2) is 7.89. The molecule has 30 heavy (non-hydrogen) atoms. The van der Waals surface area contributed by atoms with Crippen molar-refractivity contribution in [1.29, 1.82) is 0 Å². The highest BCUT2D eigenvalue weighted by Crippen LogP contribution is 2.67. The van der Waals surface area contributed by atoms with E-state index < -0.39 is 0 Å². The van der Waals surface area contributed by atoms with E-state index in [0.717, 1.165) is 43.4 Å². The Kier molecular flexibility index (Phi) is 6.00. The Balaban J connectivity index is 1.51. The number of aliphatic hydroxyl groups is 1. The highest BCUT2D eigenvalue weighted by molar-refractivity contribution is 5.83. The van der Waals surface area contributed by atoms with Crippen molar-refractivity contribution in [2.24, 2.45) is 51.8 Å². The van der Waals surface area contributed by atoms with Gasteiger partial charge in [0.05, 0.1) is 6.10 Å². The van der Waals surface area contributed by atoms with Crippen LogP contribution in [0.15, 0.2) is 0 Å². The molecule has 0 aromatic heterocycles. The topological polar surface area (TPSA) is 37.3 Å². The number of hydrogen-bond donors (Lipinski definition) is 1. The summed E-state index contributed by atoms with van der Waals surface area (Å²) in [6.45, 7) is 14.7. The molecule has 4 aliphatic rings. The molecule has 0 spiro atoms. The molecule has 9 atom stereocenters. The van der Waals surface area contributed by atoms with Gasteiger partial charge in [0.2, 0.25) is 0 Å². The van der Waals surface area contributed by atoms with E-state index in [2.05, 4.69) is 41.5 Å². The van der Waals surface area contributed by atoms with Crippen LogP contribution in [0.1, 0.15) is 112 Å². The van der Waals surface area contributed by atoms with Gasteiger partial charge in [0, 0.05) is 12.3 Å². The number of ketones is 1. The zero-order chi connectivity index (χ0) is 21.9. The monoisotopic (exact) mass is 416 g/mol. The van der Waals surface area contributed by atoms with E-state index in [0.29, 0.717) is 28.4 Å². The number of hydrogen-bond acceptors (Lipinski definition) is 2. The van der Waals surface area contributed by atoms with Crippen molar-refractivity contribution in [1.82, 2.24) is 0 Å². The molecule has 4 fully saturated rings. The smallest absolute Gasteiger partial charge is 0.136 e. The quantitative estimate of drug-likeness (QED) is 0.522. The van der Waals surface area contributed by atoms with Crippen LogP contribution in [0, 0.1) is 51.8 Å². The summed E-state index contributed by atoms with van der Waals surface area (Å²) in [7, 11) is 0. The zero-order valence-corrected chi connectivity index (χ0v) is 20.7. The lowest BCUT2D eigenvalue weighted by molar-refractivity contribution is -0.160. The van der Waals surface area contributed by atoms with Gasteiger partial charge in [-0.1, -0.05) is 48.0 Å². The molecule has 4 aliphatic carbocycles. The van der Waals surface area contributed by atoms with Crippen molar-refractivity contribution in [3.05, 3.63) is 0 Å². The van der Waals surface area contributed by atoms with E-state index in [1.54, 1.807) is 0 Å². The second-order valence-electron chi connectivity index (χ2n) is 13.3. The van der Waals surface area contributed by atoms with Crippen LogP contribution in [0.3, 0.4) is 0 Å². The van der Waals surface area contributed by atoms with Crippen molar-refractivity contribution in [3.63, 3.8) is 0 Å². The van der Waals surface area contributed by atoms with E-state index in [4.69, 9.17) is 0 Å². The van der Waals surface area contributed by atoms with Crippen molar-refractivity contribution in [2.75, 3.05) is 0 Å². The molecule has 1 unspecified atom stereocenters. The molecule has 1 N–H and O–H groups in total. The van der Waals surface area contributed by atoms with Crippen molar-refractivity contribution < 1.29 is 9.90 Å². The first kappa shape index (κ1) is 22.8. The first-order valence-electron chi connectivity index (χ1n) is 13.2. The number of aliphatic hydroxyl groups excluding tert-OH is 1. The minimum atomic E-state index is -0.249. The lowest BCUT2D eigenvalue weighted by atomic mass is 9.44. The first-order valence-corrected chi connectivity index (χ1v) is 13.2. The number of Topliss-reactive ketones (excluding diaryl/α,β-unsaturated/α-hetero) is 1. The molecule has 0 amide bonds. The molecule has 0 aromatic carbocycles. The maximum Gasteiger partial charge on any atom is 0.136 e. The Morgan fingerprint density at radius 2 is 1.73 bits per heavy atom. The van der Waals surface area contributed by atoms with Gasteiger partial charge in [-0.15, -0.1) is 0 Å². The molecular weight excluding hydrogens is 368 g/mol. The summed E-state index contributed by atoms with van der Waals surface area (Å²) in [6.07, 6.45) is 12.6. The van der Waals surface area contributed by atoms with Gasteiger partial charge in [0.25, 0.3) is 0 Å². The molecule has 4 saturated carbocycles. The molecule has 0 radical (unpaired) electrons. The fraction of sp³-hybridized carbons (Fsp3) is 0.964. The number of fused-ring (bicyclic) bond motifs is 5. The largest absolute Gasteiger partial charge is 0.393 e. The SMILES string of the molecule is CCC(C)(C)CCC(C)[C@H]1CC[C@H]2[C@@H]3CC(=O)[C@H]4C[C@H](O)CC[C@]4(C)[C@H]3CC[C@]12C. The molecule has 172 valence electrons. The molecular formula is C28H48O2. The molecule has 0 aromatic rings. The average Bonchev–Trinajstić information content (AvgIpc) is 3.05. The van der Waals surface area contributed by atoms with Crippen LogP contribution in [-0.4, -0.2) is 17.0 Å². The molecule has 2 nitrogen and oxygen atoms in total. The van der Waals surface area contributed by atoms with E-state index in [9.17, 15) is 9.90 Å². The van der Waals surface area contributed by atoms with Crippen LogP contribution in [0.2, 0.25) is 0 Å². The third-order valence-electron chi connectivity index (χ3n) is 11.4. The summed E-state index contributed by atoms with van der Waals surface area (Å²) >= 11 is 0. The van der Waals surface area contributed by atoms with Crippen LogP contribution >= 0.6 is 0 Å². The summed E-state index contributed by atoms with van der Waals surface area (Å²) in [4.78, 5) is 13.3. The van der Waals surface area contributed by atoms with Crippen molar-refractivity contribution in [2.45, 2.75) is 118 Å². The third kappa shape index (κ3) is 3.61. The summed E-state index contributed by atoms with van der Waals surface area (Å²) in [5, 5.41) is 10.2. The Labute approximate surface area is 186 Å². The Morgan fingerprint density at radius 3 is 2.43 bits per heavy atom. The molecule has 0 saturated heterocycles. The highest BCUT2D eigenvalue weighted by Gasteiger charge is 2.62. The van der Waals surface area contributed by atoms with Gasteiger partial charge in [-0.3, -0.25) is 4.79 Å². The first-order chi connectivity index (χ1) is 14.0. The second-order valence-corrected chi connectivity index (χ2v) is 13.3. The average molecular weight is 417 g/mol. The highest BCUT2D eigenvalue weighted by atomic mass is 16.3. The van der Waals surface area contributed by atoms with Gasteiger partial charge < -0.3 is 5.11 Å². The predicted octanol–water partition coefficient (Wildman–Crippen LogP) is 7.04. The predicted molar refractivity (Wildman–Crippen MR) is 124 cm³/mol. The maximum atomic E-state index is 13.3. The van der Waals surface area contributed by atoms with E-state index in [1.807, 2.05) is 0 Å². The van der Waals surface area contributed by atoms with Crippen molar-refractivity contribution in [3.8, 4) is 0 Å². The minimum Gasteiger partial charge on any atom is -0.393 e. The lowest BCUT2D eigenvalue weighted by Gasteiger charge is -2.60. The van der Waals surface area contributed by atoms with Crippen LogP contribution in [0.4, 0.5) is 0 Å². The van der Waals surface area contributed by atoms with Gasteiger partial charge in [-0.25, -0.2) is 0 Å². The third-order valence-corrected chi connectivity index (χ3v) is 11.4. The molecule has 4 rings (SSSR count). The minimum absolute atomic E-state index is 0.124. The van der Waals surface area contributed by atoms with Gasteiger partial charge in [-0.2, -0.15) is 0 Å². The Hall–Kier alpha value is -0.370. The molecule has 0 aliphatic heterocycles.